The molecule has 0 fully saturated rings. The Kier molecular flexibility index (Phi) is 7.29. The van der Waals surface area contributed by atoms with Gasteiger partial charge < -0.3 is 10.0 Å². The van der Waals surface area contributed by atoms with Crippen LogP contribution in [0.3, 0.4) is 0 Å². The Labute approximate surface area is 135 Å². The molecule has 0 aliphatic rings. The first-order chi connectivity index (χ1) is 9.82. The fourth-order valence-corrected chi connectivity index (χ4v) is 4.46. The molecule has 5 nitrogen and oxygen atoms in total. The zero-order valence-electron chi connectivity index (χ0n) is 12.7. The number of aliphatic hydroxyl groups is 1. The number of aliphatic hydroxyl groups excluding tert-OH is 1. The summed E-state index contributed by atoms with van der Waals surface area (Å²) in [6, 6.07) is 4.88. The highest BCUT2D eigenvalue weighted by Crippen LogP contribution is 2.26. The predicted molar refractivity (Wildman–Crippen MR) is 87.7 cm³/mol. The lowest BCUT2D eigenvalue weighted by Gasteiger charge is -2.22. The van der Waals surface area contributed by atoms with E-state index in [9.17, 15) is 13.5 Å². The molecule has 0 unspecified atom stereocenters. The quantitative estimate of drug-likeness (QED) is 0.750. The van der Waals surface area contributed by atoms with Gasteiger partial charge in [0.2, 0.25) is 10.0 Å². The second-order valence-electron chi connectivity index (χ2n) is 5.08. The van der Waals surface area contributed by atoms with Crippen LogP contribution in [0.25, 0.3) is 0 Å². The van der Waals surface area contributed by atoms with Crippen molar-refractivity contribution >= 4 is 26.0 Å². The number of halogens is 1. The van der Waals surface area contributed by atoms with Gasteiger partial charge in [-0.15, -0.1) is 0 Å². The van der Waals surface area contributed by atoms with E-state index in [-0.39, 0.29) is 11.5 Å². The molecule has 0 saturated heterocycles. The standard InChI is InChI=1S/C14H23BrN2O3S/c1-4-17(9-5-8-16(2)3)21(19,20)14-10-12(11-18)6-7-13(14)15/h6-7,10,18H,4-5,8-9,11H2,1-3H3. The van der Waals surface area contributed by atoms with E-state index in [1.54, 1.807) is 12.1 Å². The maximum Gasteiger partial charge on any atom is 0.244 e. The molecule has 0 aliphatic carbocycles. The molecule has 0 bridgehead atoms. The normalized spacial score (nSPS) is 12.3. The number of hydrogen-bond donors (Lipinski definition) is 1. The predicted octanol–water partition coefficient (Wildman–Crippen LogP) is 1.90. The van der Waals surface area contributed by atoms with E-state index in [0.29, 0.717) is 23.1 Å². The van der Waals surface area contributed by atoms with Crippen LogP contribution in [0.2, 0.25) is 0 Å². The third kappa shape index (κ3) is 5.03. The molecule has 21 heavy (non-hydrogen) atoms. The van der Waals surface area contributed by atoms with Crippen LogP contribution >= 0.6 is 15.9 Å². The number of hydrogen-bond acceptors (Lipinski definition) is 4. The Hall–Kier alpha value is -0.470. The van der Waals surface area contributed by atoms with Crippen molar-refractivity contribution in [3.8, 4) is 0 Å². The van der Waals surface area contributed by atoms with E-state index in [2.05, 4.69) is 15.9 Å². The SMILES string of the molecule is CCN(CCCN(C)C)S(=O)(=O)c1cc(CO)ccc1Br. The van der Waals surface area contributed by atoms with Gasteiger partial charge in [-0.1, -0.05) is 13.0 Å². The van der Waals surface area contributed by atoms with Gasteiger partial charge >= 0.3 is 0 Å². The molecule has 0 aromatic heterocycles. The summed E-state index contributed by atoms with van der Waals surface area (Å²) >= 11 is 3.29. The molecular weight excluding hydrogens is 356 g/mol. The van der Waals surface area contributed by atoms with Gasteiger partial charge in [-0.2, -0.15) is 4.31 Å². The van der Waals surface area contributed by atoms with Gasteiger partial charge in [-0.3, -0.25) is 0 Å². The van der Waals surface area contributed by atoms with Crippen LogP contribution < -0.4 is 0 Å². The molecule has 0 atom stereocenters. The van der Waals surface area contributed by atoms with Crippen molar-refractivity contribution in [1.82, 2.24) is 9.21 Å². The summed E-state index contributed by atoms with van der Waals surface area (Å²) in [6.45, 7) is 3.39. The van der Waals surface area contributed by atoms with Crippen LogP contribution in [0.15, 0.2) is 27.6 Å². The largest absolute Gasteiger partial charge is 0.392 e. The van der Waals surface area contributed by atoms with E-state index in [1.165, 1.54) is 10.4 Å². The lowest BCUT2D eigenvalue weighted by atomic mass is 10.2. The molecule has 1 N–H and O–H groups in total. The van der Waals surface area contributed by atoms with E-state index in [4.69, 9.17) is 0 Å². The Morgan fingerprint density at radius 1 is 1.24 bits per heavy atom. The minimum atomic E-state index is -3.56. The van der Waals surface area contributed by atoms with Crippen LogP contribution in [0.4, 0.5) is 0 Å². The molecule has 1 rings (SSSR count). The Morgan fingerprint density at radius 3 is 2.43 bits per heavy atom. The van der Waals surface area contributed by atoms with E-state index in [0.717, 1.165) is 13.0 Å². The molecule has 0 aliphatic heterocycles. The smallest absolute Gasteiger partial charge is 0.244 e. The Balaban J connectivity index is 3.01. The average molecular weight is 379 g/mol. The molecule has 0 saturated carbocycles. The van der Waals surface area contributed by atoms with Gasteiger partial charge in [0.25, 0.3) is 0 Å². The maximum absolute atomic E-state index is 12.7. The van der Waals surface area contributed by atoms with Crippen LogP contribution in [0, 0.1) is 0 Å². The van der Waals surface area contributed by atoms with Crippen molar-refractivity contribution in [3.05, 3.63) is 28.2 Å². The van der Waals surface area contributed by atoms with Crippen LogP contribution in [0.1, 0.15) is 18.9 Å². The molecular formula is C14H23BrN2O3S. The third-order valence-corrected chi connectivity index (χ3v) is 6.13. The number of nitrogens with zero attached hydrogens (tertiary/aromatic N) is 2. The first-order valence-electron chi connectivity index (χ1n) is 6.87. The second kappa shape index (κ2) is 8.24. The number of sulfonamides is 1. The molecule has 1 aromatic carbocycles. The van der Waals surface area contributed by atoms with Crippen molar-refractivity contribution in [3.63, 3.8) is 0 Å². The van der Waals surface area contributed by atoms with Crippen LogP contribution in [-0.4, -0.2) is 56.5 Å². The van der Waals surface area contributed by atoms with Gasteiger partial charge in [-0.05, 0) is 60.7 Å². The minimum absolute atomic E-state index is 0.178. The lowest BCUT2D eigenvalue weighted by molar-refractivity contribution is 0.281. The minimum Gasteiger partial charge on any atom is -0.392 e. The van der Waals surface area contributed by atoms with Gasteiger partial charge in [0.05, 0.1) is 11.5 Å². The lowest BCUT2D eigenvalue weighted by Crippen LogP contribution is -2.33. The third-order valence-electron chi connectivity index (χ3n) is 3.16. The molecule has 120 valence electrons. The first kappa shape index (κ1) is 18.6. The number of benzene rings is 1. The monoisotopic (exact) mass is 378 g/mol. The second-order valence-corrected chi connectivity index (χ2v) is 7.84. The van der Waals surface area contributed by atoms with E-state index in [1.807, 2.05) is 25.9 Å². The zero-order chi connectivity index (χ0) is 16.0. The van der Waals surface area contributed by atoms with Gasteiger partial charge in [0, 0.05) is 17.6 Å². The van der Waals surface area contributed by atoms with Gasteiger partial charge in [-0.25, -0.2) is 8.42 Å². The van der Waals surface area contributed by atoms with Crippen molar-refractivity contribution in [2.24, 2.45) is 0 Å². The highest BCUT2D eigenvalue weighted by molar-refractivity contribution is 9.10. The van der Waals surface area contributed by atoms with E-state index >= 15 is 0 Å². The van der Waals surface area contributed by atoms with Crippen molar-refractivity contribution in [2.45, 2.75) is 24.8 Å². The summed E-state index contributed by atoms with van der Waals surface area (Å²) in [6.07, 6.45) is 0.775. The fraction of sp³-hybridized carbons (Fsp3) is 0.571. The Morgan fingerprint density at radius 2 is 1.90 bits per heavy atom. The molecule has 0 spiro atoms. The number of rotatable bonds is 8. The van der Waals surface area contributed by atoms with E-state index < -0.39 is 10.0 Å². The molecule has 0 heterocycles. The summed E-state index contributed by atoms with van der Waals surface area (Å²) in [5, 5.41) is 9.19. The van der Waals surface area contributed by atoms with Crippen molar-refractivity contribution in [1.29, 1.82) is 0 Å². The van der Waals surface area contributed by atoms with Crippen LogP contribution in [-0.2, 0) is 16.6 Å². The highest BCUT2D eigenvalue weighted by atomic mass is 79.9. The van der Waals surface area contributed by atoms with Gasteiger partial charge in [0.15, 0.2) is 0 Å². The van der Waals surface area contributed by atoms with Gasteiger partial charge in [0.1, 0.15) is 0 Å². The Bertz CT molecular complexity index is 561. The highest BCUT2D eigenvalue weighted by Gasteiger charge is 2.25. The molecule has 0 radical (unpaired) electrons. The summed E-state index contributed by atoms with van der Waals surface area (Å²) in [5.74, 6) is 0. The fourth-order valence-electron chi connectivity index (χ4n) is 1.99. The van der Waals surface area contributed by atoms with Crippen molar-refractivity contribution < 1.29 is 13.5 Å². The topological polar surface area (TPSA) is 60.9 Å². The summed E-state index contributed by atoms with van der Waals surface area (Å²) < 4.78 is 27.4. The summed E-state index contributed by atoms with van der Waals surface area (Å²) in [7, 11) is 0.373. The molecule has 0 amide bonds. The van der Waals surface area contributed by atoms with Crippen LogP contribution in [0.5, 0.6) is 0 Å². The first-order valence-corrected chi connectivity index (χ1v) is 9.10. The summed E-state index contributed by atoms with van der Waals surface area (Å²) in [5.41, 5.74) is 0.584. The maximum atomic E-state index is 12.7. The van der Waals surface area contributed by atoms with Crippen molar-refractivity contribution in [2.75, 3.05) is 33.7 Å². The molecule has 7 heteroatoms. The molecule has 1 aromatic rings. The average Bonchev–Trinajstić information content (AvgIpc) is 2.43. The zero-order valence-corrected chi connectivity index (χ0v) is 15.1. The summed E-state index contributed by atoms with van der Waals surface area (Å²) in [4.78, 5) is 2.24.